The number of hydrogen-bond donors (Lipinski definition) is 1. The van der Waals surface area contributed by atoms with E-state index in [-0.39, 0.29) is 11.1 Å². The molecular weight excluding hydrogens is 426 g/mol. The Morgan fingerprint density at radius 2 is 1.84 bits per heavy atom. The first-order valence-corrected chi connectivity index (χ1v) is 11.2. The maximum absolute atomic E-state index is 13.6. The van der Waals surface area contributed by atoms with Gasteiger partial charge in [-0.05, 0) is 23.8 Å². The molecule has 0 atom stereocenters. The Bertz CT molecular complexity index is 1350. The van der Waals surface area contributed by atoms with Crippen molar-refractivity contribution in [2.24, 2.45) is 0 Å². The summed E-state index contributed by atoms with van der Waals surface area (Å²) in [6, 6.07) is 9.58. The van der Waals surface area contributed by atoms with E-state index in [1.165, 1.54) is 4.52 Å². The van der Waals surface area contributed by atoms with Gasteiger partial charge in [-0.25, -0.2) is 14.8 Å². The second-order valence-electron chi connectivity index (χ2n) is 9.21. The second-order valence-corrected chi connectivity index (χ2v) is 9.65. The van der Waals surface area contributed by atoms with Crippen molar-refractivity contribution in [3.05, 3.63) is 63.4 Å². The number of anilines is 1. The molecule has 1 saturated heterocycles. The summed E-state index contributed by atoms with van der Waals surface area (Å²) in [4.78, 5) is 25.4. The Kier molecular flexibility index (Phi) is 5.14. The van der Waals surface area contributed by atoms with E-state index >= 15 is 0 Å². The standard InChI is InChI=1S/C23H26ClN7O/c1-23(2,3)21-27-20-19-18(12-17(13-26-19)29-10-8-25-9-11-29)30(22(32)31(20)28-21)14-15-4-6-16(24)7-5-15/h4-7,12-13,25H,8-11,14H2,1-3H3. The van der Waals surface area contributed by atoms with Crippen LogP contribution in [0.15, 0.2) is 41.3 Å². The molecule has 3 aromatic heterocycles. The number of rotatable bonds is 3. The molecule has 0 radical (unpaired) electrons. The number of aromatic nitrogens is 5. The number of nitrogens with one attached hydrogen (secondary N) is 1. The van der Waals surface area contributed by atoms with Gasteiger partial charge in [-0.2, -0.15) is 4.52 Å². The zero-order valence-electron chi connectivity index (χ0n) is 18.5. The van der Waals surface area contributed by atoms with Crippen molar-refractivity contribution in [1.82, 2.24) is 29.5 Å². The van der Waals surface area contributed by atoms with Crippen molar-refractivity contribution in [2.45, 2.75) is 32.7 Å². The number of piperazine rings is 1. The van der Waals surface area contributed by atoms with Crippen LogP contribution in [0, 0.1) is 0 Å². The van der Waals surface area contributed by atoms with E-state index in [1.807, 2.05) is 51.2 Å². The molecule has 4 heterocycles. The number of benzene rings is 1. The van der Waals surface area contributed by atoms with Crippen molar-refractivity contribution in [2.75, 3.05) is 31.1 Å². The molecular formula is C23H26ClN7O. The van der Waals surface area contributed by atoms with Crippen molar-refractivity contribution in [1.29, 1.82) is 0 Å². The molecule has 0 saturated carbocycles. The summed E-state index contributed by atoms with van der Waals surface area (Å²) in [7, 11) is 0. The van der Waals surface area contributed by atoms with Crippen LogP contribution in [0.3, 0.4) is 0 Å². The van der Waals surface area contributed by atoms with Crippen LogP contribution in [-0.4, -0.2) is 50.3 Å². The molecule has 1 N–H and O–H groups in total. The summed E-state index contributed by atoms with van der Waals surface area (Å²) >= 11 is 6.06. The van der Waals surface area contributed by atoms with Crippen LogP contribution in [0.5, 0.6) is 0 Å². The molecule has 4 aromatic rings. The fourth-order valence-corrected chi connectivity index (χ4v) is 4.10. The van der Waals surface area contributed by atoms with Gasteiger partial charge in [0.05, 0.1) is 23.9 Å². The molecule has 1 fully saturated rings. The van der Waals surface area contributed by atoms with Gasteiger partial charge in [0, 0.05) is 36.6 Å². The first-order valence-electron chi connectivity index (χ1n) is 10.8. The van der Waals surface area contributed by atoms with Gasteiger partial charge in [0.1, 0.15) is 5.52 Å². The maximum Gasteiger partial charge on any atom is 0.351 e. The fraction of sp³-hybridized carbons (Fsp3) is 0.391. The minimum atomic E-state index is -0.285. The minimum Gasteiger partial charge on any atom is -0.368 e. The van der Waals surface area contributed by atoms with E-state index in [2.05, 4.69) is 21.4 Å². The molecule has 166 valence electrons. The normalized spacial score (nSPS) is 15.1. The molecule has 9 heteroatoms. The first-order chi connectivity index (χ1) is 15.3. The highest BCUT2D eigenvalue weighted by Crippen LogP contribution is 2.25. The van der Waals surface area contributed by atoms with Gasteiger partial charge < -0.3 is 10.2 Å². The third kappa shape index (κ3) is 3.73. The van der Waals surface area contributed by atoms with Gasteiger partial charge in [-0.3, -0.25) is 4.57 Å². The minimum absolute atomic E-state index is 0.232. The first kappa shape index (κ1) is 20.9. The highest BCUT2D eigenvalue weighted by atomic mass is 35.5. The van der Waals surface area contributed by atoms with Crippen LogP contribution in [0.25, 0.3) is 16.7 Å². The highest BCUT2D eigenvalue weighted by Gasteiger charge is 2.24. The summed E-state index contributed by atoms with van der Waals surface area (Å²) < 4.78 is 3.11. The fourth-order valence-electron chi connectivity index (χ4n) is 3.98. The van der Waals surface area contributed by atoms with Gasteiger partial charge in [0.25, 0.3) is 0 Å². The molecule has 0 aliphatic carbocycles. The molecule has 0 spiro atoms. The number of nitrogens with zero attached hydrogens (tertiary/aromatic N) is 6. The number of pyridine rings is 1. The summed E-state index contributed by atoms with van der Waals surface area (Å²) in [5, 5.41) is 8.59. The third-order valence-corrected chi connectivity index (χ3v) is 6.03. The lowest BCUT2D eigenvalue weighted by molar-refractivity contribution is 0.542. The molecule has 1 aliphatic rings. The largest absolute Gasteiger partial charge is 0.368 e. The molecule has 32 heavy (non-hydrogen) atoms. The van der Waals surface area contributed by atoms with Gasteiger partial charge >= 0.3 is 5.69 Å². The Morgan fingerprint density at radius 1 is 1.12 bits per heavy atom. The van der Waals surface area contributed by atoms with Gasteiger partial charge in [-0.15, -0.1) is 5.10 Å². The predicted molar refractivity (Wildman–Crippen MR) is 127 cm³/mol. The summed E-state index contributed by atoms with van der Waals surface area (Å²) in [6.07, 6.45) is 1.87. The monoisotopic (exact) mass is 451 g/mol. The lowest BCUT2D eigenvalue weighted by atomic mass is 9.96. The SMILES string of the molecule is CC(C)(C)c1nc2c3ncc(N4CCNCC4)cc3n(Cc3ccc(Cl)cc3)c(=O)n2n1. The highest BCUT2D eigenvalue weighted by molar-refractivity contribution is 6.30. The van der Waals surface area contributed by atoms with Crippen LogP contribution >= 0.6 is 11.6 Å². The van der Waals surface area contributed by atoms with Crippen LogP contribution in [0.2, 0.25) is 5.02 Å². The molecule has 5 rings (SSSR count). The molecule has 1 aliphatic heterocycles. The van der Waals surface area contributed by atoms with E-state index in [0.29, 0.717) is 28.6 Å². The topological polar surface area (TPSA) is 80.4 Å². The lowest BCUT2D eigenvalue weighted by Crippen LogP contribution is -2.43. The van der Waals surface area contributed by atoms with Crippen LogP contribution in [-0.2, 0) is 12.0 Å². The van der Waals surface area contributed by atoms with Crippen molar-refractivity contribution in [3.8, 4) is 0 Å². The van der Waals surface area contributed by atoms with Crippen LogP contribution in [0.4, 0.5) is 5.69 Å². The number of hydrogen-bond acceptors (Lipinski definition) is 6. The maximum atomic E-state index is 13.6. The van der Waals surface area contributed by atoms with E-state index in [4.69, 9.17) is 21.6 Å². The molecule has 0 unspecified atom stereocenters. The van der Waals surface area contributed by atoms with Crippen molar-refractivity contribution < 1.29 is 0 Å². The summed E-state index contributed by atoms with van der Waals surface area (Å²) in [6.45, 7) is 10.1. The third-order valence-electron chi connectivity index (χ3n) is 5.78. The van der Waals surface area contributed by atoms with Crippen LogP contribution in [0.1, 0.15) is 32.2 Å². The van der Waals surface area contributed by atoms with E-state index in [1.54, 1.807) is 4.57 Å². The summed E-state index contributed by atoms with van der Waals surface area (Å²) in [5.74, 6) is 0.619. The zero-order chi connectivity index (χ0) is 22.5. The Balaban J connectivity index is 1.75. The van der Waals surface area contributed by atoms with E-state index < -0.39 is 0 Å². The van der Waals surface area contributed by atoms with E-state index in [0.717, 1.165) is 42.9 Å². The molecule has 1 aromatic carbocycles. The van der Waals surface area contributed by atoms with Crippen molar-refractivity contribution >= 4 is 34.0 Å². The molecule has 0 bridgehead atoms. The zero-order valence-corrected chi connectivity index (χ0v) is 19.2. The number of fused-ring (bicyclic) bond motifs is 3. The van der Waals surface area contributed by atoms with Crippen molar-refractivity contribution in [3.63, 3.8) is 0 Å². The second kappa shape index (κ2) is 7.86. The Labute approximate surface area is 190 Å². The Morgan fingerprint density at radius 3 is 2.53 bits per heavy atom. The van der Waals surface area contributed by atoms with Gasteiger partial charge in [0.2, 0.25) is 0 Å². The summed E-state index contributed by atoms with van der Waals surface area (Å²) in [5.41, 5.74) is 3.37. The average Bonchev–Trinajstić information content (AvgIpc) is 3.25. The number of halogens is 1. The smallest absolute Gasteiger partial charge is 0.351 e. The van der Waals surface area contributed by atoms with Gasteiger partial charge in [-0.1, -0.05) is 44.5 Å². The van der Waals surface area contributed by atoms with Gasteiger partial charge in [0.15, 0.2) is 11.5 Å². The van der Waals surface area contributed by atoms with Crippen LogP contribution < -0.4 is 15.9 Å². The van der Waals surface area contributed by atoms with E-state index in [9.17, 15) is 4.79 Å². The Hall–Kier alpha value is -2.97. The molecule has 0 amide bonds. The predicted octanol–water partition coefficient (Wildman–Crippen LogP) is 2.85. The molecule has 8 nitrogen and oxygen atoms in total. The quantitative estimate of drug-likeness (QED) is 0.516. The average molecular weight is 452 g/mol. The lowest BCUT2D eigenvalue weighted by Gasteiger charge is -2.29.